The highest BCUT2D eigenvalue weighted by Gasteiger charge is 2.46. The number of hydrogen-bond acceptors (Lipinski definition) is 3. The van der Waals surface area contributed by atoms with Crippen LogP contribution in [0, 0.1) is 0 Å². The third-order valence-electron chi connectivity index (χ3n) is 8.40. The van der Waals surface area contributed by atoms with Crippen LogP contribution in [0.25, 0.3) is 22.9 Å². The molecule has 176 valence electrons. The number of allylic oxidation sites excluding steroid dienone is 2. The topological polar surface area (TPSA) is 33.1 Å². The van der Waals surface area contributed by atoms with E-state index < -0.39 is 0 Å². The molecule has 3 aromatic rings. The molecule has 0 unspecified atom stereocenters. The first-order valence-electron chi connectivity index (χ1n) is 12.7. The number of unbranched alkanes of at least 4 members (excludes halogenated alkanes) is 1. The van der Waals surface area contributed by atoms with E-state index in [1.807, 2.05) is 29.9 Å². The van der Waals surface area contributed by atoms with Gasteiger partial charge >= 0.3 is 11.5 Å². The van der Waals surface area contributed by atoms with Gasteiger partial charge < -0.3 is 18.3 Å². The SMILES string of the molecule is C[n+]1cccc2oc(/C=C3\C=CN(CCCC[N+]45CC[N+](C)(CC4)CC5)c4ccccc43)nc21. The molecule has 1 aromatic carbocycles. The van der Waals surface area contributed by atoms with Gasteiger partial charge in [0.1, 0.15) is 39.3 Å². The smallest absolute Gasteiger partial charge is 0.370 e. The molecule has 34 heavy (non-hydrogen) atoms. The van der Waals surface area contributed by atoms with Crippen LogP contribution in [0.3, 0.4) is 0 Å². The summed E-state index contributed by atoms with van der Waals surface area (Å²) < 4.78 is 10.7. The molecule has 6 heteroatoms. The number of pyridine rings is 1. The van der Waals surface area contributed by atoms with Gasteiger partial charge in [-0.2, -0.15) is 0 Å². The summed E-state index contributed by atoms with van der Waals surface area (Å²) >= 11 is 0. The molecule has 0 N–H and O–H groups in total. The quantitative estimate of drug-likeness (QED) is 0.322. The lowest BCUT2D eigenvalue weighted by Crippen LogP contribution is -2.73. The standard InChI is InChI=1S/C28H36N5O/c1-30-12-7-10-26-28(30)29-27(34-26)22-23-11-14-31(25-9-4-3-8-24(23)25)13-5-6-15-33-19-16-32(2,17-20-33)18-21-33/h3-4,7-12,14,22H,5-6,13,15-21H2,1-2H3/q+3. The molecule has 0 radical (unpaired) electrons. The third-order valence-corrected chi connectivity index (χ3v) is 8.40. The lowest BCUT2D eigenvalue weighted by atomic mass is 9.99. The Hall–Kier alpha value is -2.96. The zero-order valence-corrected chi connectivity index (χ0v) is 20.5. The molecule has 0 saturated carbocycles. The van der Waals surface area contributed by atoms with Gasteiger partial charge in [-0.15, -0.1) is 0 Å². The number of quaternary nitrogens is 2. The Morgan fingerprint density at radius 2 is 1.82 bits per heavy atom. The first-order chi connectivity index (χ1) is 16.5. The molecule has 0 aliphatic carbocycles. The number of nitrogens with zero attached hydrogens (tertiary/aromatic N) is 5. The van der Waals surface area contributed by atoms with Crippen LogP contribution >= 0.6 is 0 Å². The van der Waals surface area contributed by atoms with E-state index >= 15 is 0 Å². The van der Waals surface area contributed by atoms with Crippen molar-refractivity contribution in [1.29, 1.82) is 0 Å². The highest BCUT2D eigenvalue weighted by Crippen LogP contribution is 2.34. The summed E-state index contributed by atoms with van der Waals surface area (Å²) in [6.45, 7) is 10.7. The van der Waals surface area contributed by atoms with E-state index in [-0.39, 0.29) is 0 Å². The molecule has 3 fully saturated rings. The van der Waals surface area contributed by atoms with Crippen LogP contribution in [0.1, 0.15) is 24.3 Å². The number of piperazine rings is 3. The van der Waals surface area contributed by atoms with Gasteiger partial charge in [-0.25, -0.2) is 4.57 Å². The number of aromatic nitrogens is 2. The molecule has 0 spiro atoms. The monoisotopic (exact) mass is 458 g/mol. The largest absolute Gasteiger partial charge is 0.411 e. The first-order valence-corrected chi connectivity index (χ1v) is 12.7. The van der Waals surface area contributed by atoms with Crippen LogP contribution < -0.4 is 9.47 Å². The summed E-state index contributed by atoms with van der Waals surface area (Å²) in [5.74, 6) is 0.645. The van der Waals surface area contributed by atoms with Crippen LogP contribution in [-0.2, 0) is 7.05 Å². The average Bonchev–Trinajstić information content (AvgIpc) is 3.28. The maximum absolute atomic E-state index is 6.00. The number of likely N-dealkylation sites (N-methyl/N-ethyl adjacent to an activating group) is 1. The highest BCUT2D eigenvalue weighted by atomic mass is 16.3. The predicted molar refractivity (Wildman–Crippen MR) is 136 cm³/mol. The fourth-order valence-electron chi connectivity index (χ4n) is 5.95. The van der Waals surface area contributed by atoms with E-state index in [0.717, 1.165) is 23.3 Å². The molecule has 6 nitrogen and oxygen atoms in total. The normalized spacial score (nSPS) is 27.0. The Labute approximate surface area is 202 Å². The van der Waals surface area contributed by atoms with E-state index in [1.165, 1.54) is 78.9 Å². The summed E-state index contributed by atoms with van der Waals surface area (Å²) in [5.41, 5.74) is 5.32. The lowest BCUT2D eigenvalue weighted by molar-refractivity contribution is -1.07. The Morgan fingerprint density at radius 1 is 1.03 bits per heavy atom. The second kappa shape index (κ2) is 8.36. The molecule has 4 aliphatic heterocycles. The Balaban J connectivity index is 1.14. The molecule has 3 saturated heterocycles. The van der Waals surface area contributed by atoms with Gasteiger partial charge in [0.05, 0.1) is 26.8 Å². The number of fused-ring (bicyclic) bond motifs is 5. The Morgan fingerprint density at radius 3 is 2.62 bits per heavy atom. The van der Waals surface area contributed by atoms with Crippen LogP contribution in [-0.4, -0.2) is 73.4 Å². The van der Waals surface area contributed by atoms with Crippen molar-refractivity contribution in [3.8, 4) is 0 Å². The maximum Gasteiger partial charge on any atom is 0.370 e. The molecular weight excluding hydrogens is 422 g/mol. The van der Waals surface area contributed by atoms with Crippen molar-refractivity contribution >= 4 is 28.6 Å². The van der Waals surface area contributed by atoms with E-state index in [2.05, 4.69) is 54.6 Å². The van der Waals surface area contributed by atoms with Gasteiger partial charge in [0.25, 0.3) is 0 Å². The summed E-state index contributed by atoms with van der Waals surface area (Å²) in [5, 5.41) is 0. The molecule has 2 bridgehead atoms. The zero-order chi connectivity index (χ0) is 23.2. The molecular formula is C28H36N5O+3. The van der Waals surface area contributed by atoms with Crippen molar-refractivity contribution in [2.24, 2.45) is 7.05 Å². The number of benzene rings is 1. The highest BCUT2D eigenvalue weighted by molar-refractivity contribution is 5.94. The number of aryl methyl sites for hydroxylation is 1. The minimum atomic E-state index is 0.645. The number of anilines is 1. The number of hydrogen-bond donors (Lipinski definition) is 0. The Bertz CT molecular complexity index is 1250. The molecule has 4 aliphatic rings. The van der Waals surface area contributed by atoms with Crippen molar-refractivity contribution < 1.29 is 18.0 Å². The Kier molecular flexibility index (Phi) is 5.30. The molecule has 0 amide bonds. The van der Waals surface area contributed by atoms with Crippen molar-refractivity contribution in [3.63, 3.8) is 0 Å². The third kappa shape index (κ3) is 3.95. The molecule has 2 aromatic heterocycles. The van der Waals surface area contributed by atoms with Gasteiger partial charge in [-0.1, -0.05) is 18.2 Å². The fraction of sp³-hybridized carbons (Fsp3) is 0.429. The van der Waals surface area contributed by atoms with Crippen LogP contribution in [0.5, 0.6) is 0 Å². The lowest BCUT2D eigenvalue weighted by Gasteiger charge is -2.54. The van der Waals surface area contributed by atoms with E-state index in [4.69, 9.17) is 9.40 Å². The number of rotatable bonds is 6. The number of oxazole rings is 1. The van der Waals surface area contributed by atoms with E-state index in [0.29, 0.717) is 5.89 Å². The van der Waals surface area contributed by atoms with Crippen molar-refractivity contribution in [1.82, 2.24) is 4.98 Å². The molecule has 0 atom stereocenters. The van der Waals surface area contributed by atoms with Gasteiger partial charge in [-0.05, 0) is 42.7 Å². The summed E-state index contributed by atoms with van der Waals surface area (Å²) in [4.78, 5) is 7.11. The zero-order valence-electron chi connectivity index (χ0n) is 20.5. The van der Waals surface area contributed by atoms with Crippen molar-refractivity contribution in [3.05, 3.63) is 66.3 Å². The van der Waals surface area contributed by atoms with E-state index in [1.54, 1.807) is 0 Å². The van der Waals surface area contributed by atoms with Gasteiger partial charge in [0, 0.05) is 35.1 Å². The number of para-hydroxylation sites is 1. The second-order valence-corrected chi connectivity index (χ2v) is 10.7. The summed E-state index contributed by atoms with van der Waals surface area (Å²) in [6, 6.07) is 12.6. The molecule has 6 heterocycles. The predicted octanol–water partition coefficient (Wildman–Crippen LogP) is 3.60. The van der Waals surface area contributed by atoms with Gasteiger partial charge in [0.15, 0.2) is 0 Å². The second-order valence-electron chi connectivity index (χ2n) is 10.7. The van der Waals surface area contributed by atoms with E-state index in [9.17, 15) is 0 Å². The maximum atomic E-state index is 6.00. The first kappa shape index (κ1) is 21.6. The molecule has 7 rings (SSSR count). The van der Waals surface area contributed by atoms with Crippen molar-refractivity contribution in [2.45, 2.75) is 12.8 Å². The van der Waals surface area contributed by atoms with Crippen LogP contribution in [0.15, 0.2) is 59.3 Å². The van der Waals surface area contributed by atoms with Gasteiger partial charge in [0.2, 0.25) is 5.58 Å². The minimum absolute atomic E-state index is 0.645. The van der Waals surface area contributed by atoms with Crippen LogP contribution in [0.4, 0.5) is 5.69 Å². The summed E-state index contributed by atoms with van der Waals surface area (Å²) in [6.07, 6.45) is 11.0. The minimum Gasteiger partial charge on any atom is -0.411 e. The van der Waals surface area contributed by atoms with Crippen molar-refractivity contribution in [2.75, 3.05) is 64.3 Å². The van der Waals surface area contributed by atoms with Crippen LogP contribution in [0.2, 0.25) is 0 Å². The van der Waals surface area contributed by atoms with Gasteiger partial charge in [-0.3, -0.25) is 0 Å². The summed E-state index contributed by atoms with van der Waals surface area (Å²) in [7, 11) is 4.44. The average molecular weight is 459 g/mol. The fourth-order valence-corrected chi connectivity index (χ4v) is 5.95.